The van der Waals surface area contributed by atoms with Gasteiger partial charge in [0.25, 0.3) is 0 Å². The third kappa shape index (κ3) is 3.63. The van der Waals surface area contributed by atoms with Gasteiger partial charge in [0.15, 0.2) is 0 Å². The molecule has 2 aromatic rings. The van der Waals surface area contributed by atoms with Gasteiger partial charge >= 0.3 is 0 Å². The molecule has 2 aromatic carbocycles. The van der Waals surface area contributed by atoms with Gasteiger partial charge in [0.1, 0.15) is 0 Å². The molecule has 1 saturated heterocycles. The van der Waals surface area contributed by atoms with Crippen molar-refractivity contribution in [3.63, 3.8) is 0 Å². The predicted molar refractivity (Wildman–Crippen MR) is 90.4 cm³/mol. The van der Waals surface area contributed by atoms with Crippen molar-refractivity contribution < 1.29 is 13.2 Å². The summed E-state index contributed by atoms with van der Waals surface area (Å²) in [5.41, 5.74) is 1.99. The van der Waals surface area contributed by atoms with Gasteiger partial charge in [0.05, 0.1) is 24.5 Å². The van der Waals surface area contributed by atoms with E-state index >= 15 is 0 Å². The Labute approximate surface area is 137 Å². The lowest BCUT2D eigenvalue weighted by molar-refractivity contribution is 0.0269. The zero-order valence-corrected chi connectivity index (χ0v) is 13.9. The maximum absolute atomic E-state index is 12.6. The summed E-state index contributed by atoms with van der Waals surface area (Å²) in [6, 6.07) is 19.2. The number of ether oxygens (including phenoxy) is 1. The van der Waals surface area contributed by atoms with Crippen LogP contribution in [0, 0.1) is 0 Å². The van der Waals surface area contributed by atoms with E-state index in [1.807, 2.05) is 67.6 Å². The Balaban J connectivity index is 1.93. The summed E-state index contributed by atoms with van der Waals surface area (Å²) in [4.78, 5) is 0. The van der Waals surface area contributed by atoms with Crippen molar-refractivity contribution in [1.82, 2.24) is 4.31 Å². The summed E-state index contributed by atoms with van der Waals surface area (Å²) in [5.74, 6) is 0.0213. The van der Waals surface area contributed by atoms with E-state index in [4.69, 9.17) is 4.74 Å². The summed E-state index contributed by atoms with van der Waals surface area (Å²) in [7, 11) is -3.34. The smallest absolute Gasteiger partial charge is 0.217 e. The van der Waals surface area contributed by atoms with Gasteiger partial charge in [-0.15, -0.1) is 0 Å². The highest BCUT2D eigenvalue weighted by atomic mass is 32.2. The number of rotatable bonds is 3. The van der Waals surface area contributed by atoms with E-state index in [0.717, 1.165) is 11.1 Å². The zero-order chi connectivity index (χ0) is 16.3. The fraction of sp³-hybridized carbons (Fsp3) is 0.333. The van der Waals surface area contributed by atoms with Gasteiger partial charge in [-0.2, -0.15) is 4.31 Å². The molecule has 0 bridgehead atoms. The number of hydrogen-bond donors (Lipinski definition) is 0. The van der Waals surface area contributed by atoms with Crippen molar-refractivity contribution >= 4 is 10.0 Å². The molecule has 0 amide bonds. The highest BCUT2D eigenvalue weighted by Gasteiger charge is 2.36. The van der Waals surface area contributed by atoms with Crippen LogP contribution in [-0.2, 0) is 21.3 Å². The monoisotopic (exact) mass is 331 g/mol. The molecule has 0 radical (unpaired) electrons. The predicted octanol–water partition coefficient (Wildman–Crippen LogP) is 2.98. The van der Waals surface area contributed by atoms with Gasteiger partial charge in [-0.3, -0.25) is 0 Å². The van der Waals surface area contributed by atoms with Gasteiger partial charge in [0.2, 0.25) is 10.0 Å². The topological polar surface area (TPSA) is 46.6 Å². The quantitative estimate of drug-likeness (QED) is 0.869. The maximum Gasteiger partial charge on any atom is 0.217 e. The molecule has 0 aromatic heterocycles. The normalized spacial score (nSPS) is 24.9. The van der Waals surface area contributed by atoms with Gasteiger partial charge in [-0.05, 0) is 18.1 Å². The number of hydrogen-bond acceptors (Lipinski definition) is 3. The summed E-state index contributed by atoms with van der Waals surface area (Å²) in [6.45, 7) is 2.51. The van der Waals surface area contributed by atoms with Crippen LogP contribution in [0.4, 0.5) is 0 Å². The Morgan fingerprint density at radius 3 is 2.30 bits per heavy atom. The molecule has 4 nitrogen and oxygen atoms in total. The minimum atomic E-state index is -3.34. The SMILES string of the molecule is C[C@@H]1[C@H](c2ccccc2)OCCS(=O)(=O)N1Cc1ccccc1. The first kappa shape index (κ1) is 16.2. The number of benzene rings is 2. The Morgan fingerprint density at radius 1 is 1.04 bits per heavy atom. The van der Waals surface area contributed by atoms with Crippen LogP contribution >= 0.6 is 0 Å². The van der Waals surface area contributed by atoms with Crippen LogP contribution in [-0.4, -0.2) is 31.1 Å². The first-order chi connectivity index (χ1) is 11.1. The molecule has 0 aliphatic carbocycles. The average molecular weight is 331 g/mol. The largest absolute Gasteiger partial charge is 0.371 e. The second-order valence-corrected chi connectivity index (χ2v) is 7.83. The Morgan fingerprint density at radius 2 is 1.65 bits per heavy atom. The molecular weight excluding hydrogens is 310 g/mol. The van der Waals surface area contributed by atoms with E-state index in [2.05, 4.69) is 0 Å². The van der Waals surface area contributed by atoms with Crippen molar-refractivity contribution in [2.75, 3.05) is 12.4 Å². The molecule has 0 N–H and O–H groups in total. The van der Waals surface area contributed by atoms with Crippen LogP contribution < -0.4 is 0 Å². The summed E-state index contributed by atoms with van der Waals surface area (Å²) < 4.78 is 32.7. The molecular formula is C18H21NO3S. The van der Waals surface area contributed by atoms with Crippen molar-refractivity contribution in [3.05, 3.63) is 71.8 Å². The summed E-state index contributed by atoms with van der Waals surface area (Å²) >= 11 is 0. The molecule has 3 rings (SSSR count). The van der Waals surface area contributed by atoms with Gasteiger partial charge in [-0.1, -0.05) is 60.7 Å². The minimum absolute atomic E-state index is 0.0213. The van der Waals surface area contributed by atoms with Crippen LogP contribution in [0.2, 0.25) is 0 Å². The van der Waals surface area contributed by atoms with Gasteiger partial charge in [0, 0.05) is 6.54 Å². The van der Waals surface area contributed by atoms with E-state index in [-0.39, 0.29) is 24.5 Å². The fourth-order valence-electron chi connectivity index (χ4n) is 2.96. The molecule has 0 saturated carbocycles. The van der Waals surface area contributed by atoms with Gasteiger partial charge in [-0.25, -0.2) is 8.42 Å². The average Bonchev–Trinajstić information content (AvgIpc) is 2.67. The third-order valence-corrected chi connectivity index (χ3v) is 6.06. The molecule has 1 aliphatic rings. The lowest BCUT2D eigenvalue weighted by Crippen LogP contribution is -2.40. The van der Waals surface area contributed by atoms with Crippen LogP contribution in [0.15, 0.2) is 60.7 Å². The minimum Gasteiger partial charge on any atom is -0.371 e. The fourth-order valence-corrected chi connectivity index (χ4v) is 4.47. The van der Waals surface area contributed by atoms with Crippen LogP contribution in [0.3, 0.4) is 0 Å². The molecule has 1 fully saturated rings. The second kappa shape index (κ2) is 6.83. The van der Waals surface area contributed by atoms with Crippen molar-refractivity contribution in [1.29, 1.82) is 0 Å². The van der Waals surface area contributed by atoms with Crippen molar-refractivity contribution in [2.45, 2.75) is 25.6 Å². The van der Waals surface area contributed by atoms with Crippen molar-refractivity contribution in [2.24, 2.45) is 0 Å². The molecule has 0 unspecified atom stereocenters. The van der Waals surface area contributed by atoms with E-state index < -0.39 is 10.0 Å². The third-order valence-electron chi connectivity index (χ3n) is 4.20. The van der Waals surface area contributed by atoms with Crippen molar-refractivity contribution in [3.8, 4) is 0 Å². The Bertz CT molecular complexity index is 731. The molecule has 2 atom stereocenters. The van der Waals surface area contributed by atoms with Crippen LogP contribution in [0.1, 0.15) is 24.2 Å². The standard InChI is InChI=1S/C18H21NO3S/c1-15-18(17-10-6-3-7-11-17)22-12-13-23(20,21)19(15)14-16-8-4-2-5-9-16/h2-11,15,18H,12-14H2,1H3/t15-,18-/m1/s1. The maximum atomic E-state index is 12.6. The van der Waals surface area contributed by atoms with Crippen LogP contribution in [0.25, 0.3) is 0 Å². The van der Waals surface area contributed by atoms with E-state index in [0.29, 0.717) is 6.54 Å². The Hall–Kier alpha value is -1.69. The molecule has 1 aliphatic heterocycles. The van der Waals surface area contributed by atoms with E-state index in [9.17, 15) is 8.42 Å². The molecule has 0 spiro atoms. The van der Waals surface area contributed by atoms with E-state index in [1.54, 1.807) is 4.31 Å². The summed E-state index contributed by atoms with van der Waals surface area (Å²) in [5, 5.41) is 0. The van der Waals surface area contributed by atoms with Crippen LogP contribution in [0.5, 0.6) is 0 Å². The number of sulfonamides is 1. The zero-order valence-electron chi connectivity index (χ0n) is 13.1. The highest BCUT2D eigenvalue weighted by molar-refractivity contribution is 7.89. The van der Waals surface area contributed by atoms with E-state index in [1.165, 1.54) is 0 Å². The summed E-state index contributed by atoms with van der Waals surface area (Å²) in [6.07, 6.45) is -0.253. The second-order valence-electron chi connectivity index (χ2n) is 5.79. The molecule has 122 valence electrons. The first-order valence-corrected chi connectivity index (χ1v) is 9.39. The highest BCUT2D eigenvalue weighted by Crippen LogP contribution is 2.30. The lowest BCUT2D eigenvalue weighted by Gasteiger charge is -2.30. The first-order valence-electron chi connectivity index (χ1n) is 7.78. The number of nitrogens with zero attached hydrogens (tertiary/aromatic N) is 1. The molecule has 1 heterocycles. The molecule has 5 heteroatoms. The molecule has 23 heavy (non-hydrogen) atoms. The Kier molecular flexibility index (Phi) is 4.80. The lowest BCUT2D eigenvalue weighted by atomic mass is 10.0. The van der Waals surface area contributed by atoms with Gasteiger partial charge < -0.3 is 4.74 Å².